The van der Waals surface area contributed by atoms with Gasteiger partial charge in [0.15, 0.2) is 5.75 Å². The van der Waals surface area contributed by atoms with Crippen molar-refractivity contribution in [1.29, 1.82) is 0 Å². The fourth-order valence-electron chi connectivity index (χ4n) is 1.77. The first-order valence-electron chi connectivity index (χ1n) is 6.16. The molecule has 6 nitrogen and oxygen atoms in total. The number of rotatable bonds is 6. The maximum atomic E-state index is 11.1. The molecule has 0 saturated carbocycles. The van der Waals surface area contributed by atoms with Gasteiger partial charge in [-0.1, -0.05) is 0 Å². The summed E-state index contributed by atoms with van der Waals surface area (Å²) in [5.74, 6) is 0.284. The van der Waals surface area contributed by atoms with Crippen LogP contribution in [-0.4, -0.2) is 23.6 Å². The predicted molar refractivity (Wildman–Crippen MR) is 78.1 cm³/mol. The first kappa shape index (κ1) is 14.4. The number of hydrogen-bond donors (Lipinski definition) is 1. The number of thiazole rings is 1. The second-order valence-electron chi connectivity index (χ2n) is 4.03. The standard InChI is InChI=1S/C13H15N3O3S/c1-3-19-12-5-4-9(6-11(12)16(17)18)10-8-20-13(15-10)7-14-2/h4-6,8,14H,3,7H2,1-2H3. The molecule has 1 N–H and O–H groups in total. The van der Waals surface area contributed by atoms with Gasteiger partial charge in [0, 0.05) is 23.6 Å². The lowest BCUT2D eigenvalue weighted by Gasteiger charge is -2.05. The van der Waals surface area contributed by atoms with E-state index in [2.05, 4.69) is 10.3 Å². The van der Waals surface area contributed by atoms with Gasteiger partial charge in [-0.15, -0.1) is 11.3 Å². The summed E-state index contributed by atoms with van der Waals surface area (Å²) in [4.78, 5) is 15.1. The first-order chi connectivity index (χ1) is 9.65. The second kappa shape index (κ2) is 6.44. The van der Waals surface area contributed by atoms with Crippen LogP contribution in [0.3, 0.4) is 0 Å². The number of aromatic nitrogens is 1. The van der Waals surface area contributed by atoms with Crippen molar-refractivity contribution in [3.05, 3.63) is 38.7 Å². The molecule has 106 valence electrons. The van der Waals surface area contributed by atoms with Crippen molar-refractivity contribution in [3.8, 4) is 17.0 Å². The number of hydrogen-bond acceptors (Lipinski definition) is 6. The Bertz CT molecular complexity index is 613. The molecule has 7 heteroatoms. The number of ether oxygens (including phenoxy) is 1. The van der Waals surface area contributed by atoms with E-state index in [4.69, 9.17) is 4.74 Å². The van der Waals surface area contributed by atoms with Gasteiger partial charge in [0.25, 0.3) is 0 Å². The van der Waals surface area contributed by atoms with E-state index in [0.717, 1.165) is 16.3 Å². The van der Waals surface area contributed by atoms with Crippen LogP contribution < -0.4 is 10.1 Å². The van der Waals surface area contributed by atoms with Crippen molar-refractivity contribution in [2.45, 2.75) is 13.5 Å². The minimum absolute atomic E-state index is 0.0347. The van der Waals surface area contributed by atoms with Gasteiger partial charge in [-0.25, -0.2) is 4.98 Å². The molecule has 0 aliphatic carbocycles. The van der Waals surface area contributed by atoms with E-state index in [9.17, 15) is 10.1 Å². The van der Waals surface area contributed by atoms with Crippen molar-refractivity contribution in [1.82, 2.24) is 10.3 Å². The Labute approximate surface area is 120 Å². The Morgan fingerprint density at radius 2 is 2.30 bits per heavy atom. The van der Waals surface area contributed by atoms with Gasteiger partial charge >= 0.3 is 5.69 Å². The molecule has 20 heavy (non-hydrogen) atoms. The summed E-state index contributed by atoms with van der Waals surface area (Å²) in [5.41, 5.74) is 1.43. The van der Waals surface area contributed by atoms with Crippen LogP contribution in [0.1, 0.15) is 11.9 Å². The quantitative estimate of drug-likeness (QED) is 0.654. The molecule has 2 rings (SSSR count). The lowest BCUT2D eigenvalue weighted by molar-refractivity contribution is -0.385. The van der Waals surface area contributed by atoms with Gasteiger partial charge < -0.3 is 10.1 Å². The third kappa shape index (κ3) is 3.12. The maximum absolute atomic E-state index is 11.1. The molecule has 0 fully saturated rings. The highest BCUT2D eigenvalue weighted by Gasteiger charge is 2.17. The third-order valence-electron chi connectivity index (χ3n) is 2.63. The van der Waals surface area contributed by atoms with Gasteiger partial charge in [0.05, 0.1) is 17.2 Å². The van der Waals surface area contributed by atoms with Crippen molar-refractivity contribution >= 4 is 17.0 Å². The van der Waals surface area contributed by atoms with E-state index in [0.29, 0.717) is 13.2 Å². The van der Waals surface area contributed by atoms with Gasteiger partial charge in [-0.2, -0.15) is 0 Å². The molecule has 0 atom stereocenters. The zero-order valence-electron chi connectivity index (χ0n) is 11.3. The minimum Gasteiger partial charge on any atom is -0.487 e. The van der Waals surface area contributed by atoms with E-state index in [-0.39, 0.29) is 11.4 Å². The largest absolute Gasteiger partial charge is 0.487 e. The van der Waals surface area contributed by atoms with Crippen molar-refractivity contribution < 1.29 is 9.66 Å². The summed E-state index contributed by atoms with van der Waals surface area (Å²) in [7, 11) is 1.85. The van der Waals surface area contributed by atoms with Gasteiger partial charge in [0.2, 0.25) is 0 Å². The topological polar surface area (TPSA) is 77.3 Å². The Kier molecular flexibility index (Phi) is 4.65. The second-order valence-corrected chi connectivity index (χ2v) is 4.97. The SMILES string of the molecule is CCOc1ccc(-c2csc(CNC)n2)cc1[N+](=O)[O-]. The molecule has 1 heterocycles. The summed E-state index contributed by atoms with van der Waals surface area (Å²) >= 11 is 1.52. The zero-order chi connectivity index (χ0) is 14.5. The molecule has 0 unspecified atom stereocenters. The Morgan fingerprint density at radius 1 is 1.50 bits per heavy atom. The highest BCUT2D eigenvalue weighted by Crippen LogP contribution is 2.32. The maximum Gasteiger partial charge on any atom is 0.311 e. The minimum atomic E-state index is -0.435. The van der Waals surface area contributed by atoms with Crippen LogP contribution in [0, 0.1) is 10.1 Å². The van der Waals surface area contributed by atoms with E-state index in [1.165, 1.54) is 17.4 Å². The first-order valence-corrected chi connectivity index (χ1v) is 7.04. The van der Waals surface area contributed by atoms with Crippen LogP contribution in [0.5, 0.6) is 5.75 Å². The van der Waals surface area contributed by atoms with Gasteiger partial charge in [0.1, 0.15) is 5.01 Å². The number of benzene rings is 1. The van der Waals surface area contributed by atoms with Crippen LogP contribution in [0.15, 0.2) is 23.6 Å². The monoisotopic (exact) mass is 293 g/mol. The average molecular weight is 293 g/mol. The summed E-state index contributed by atoms with van der Waals surface area (Å²) in [6, 6.07) is 4.91. The number of nitrogens with zero attached hydrogens (tertiary/aromatic N) is 2. The Morgan fingerprint density at radius 3 is 2.95 bits per heavy atom. The van der Waals surface area contributed by atoms with E-state index >= 15 is 0 Å². The molecule has 1 aromatic heterocycles. The third-order valence-corrected chi connectivity index (χ3v) is 3.48. The summed E-state index contributed by atoms with van der Waals surface area (Å²) in [6.07, 6.45) is 0. The molecule has 0 aliphatic heterocycles. The molecular formula is C13H15N3O3S. The fourth-order valence-corrected chi connectivity index (χ4v) is 2.59. The molecule has 0 aliphatic rings. The molecule has 0 radical (unpaired) electrons. The highest BCUT2D eigenvalue weighted by atomic mass is 32.1. The molecule has 0 spiro atoms. The fraction of sp³-hybridized carbons (Fsp3) is 0.308. The van der Waals surface area contributed by atoms with Crippen molar-refractivity contribution in [2.24, 2.45) is 0 Å². The average Bonchev–Trinajstić information content (AvgIpc) is 2.88. The van der Waals surface area contributed by atoms with Crippen LogP contribution >= 0.6 is 11.3 Å². The van der Waals surface area contributed by atoms with Gasteiger partial charge in [-0.3, -0.25) is 10.1 Å². The van der Waals surface area contributed by atoms with Crippen molar-refractivity contribution in [3.63, 3.8) is 0 Å². The van der Waals surface area contributed by atoms with Crippen LogP contribution in [0.25, 0.3) is 11.3 Å². The van der Waals surface area contributed by atoms with Crippen molar-refractivity contribution in [2.75, 3.05) is 13.7 Å². The number of nitrogens with one attached hydrogen (secondary N) is 1. The molecule has 1 aromatic carbocycles. The summed E-state index contributed by atoms with van der Waals surface area (Å²) < 4.78 is 5.26. The number of nitro benzene ring substituents is 1. The number of nitro groups is 1. The lowest BCUT2D eigenvalue weighted by atomic mass is 10.1. The molecule has 2 aromatic rings. The van der Waals surface area contributed by atoms with Crippen LogP contribution in [0.4, 0.5) is 5.69 Å². The smallest absolute Gasteiger partial charge is 0.311 e. The summed E-state index contributed by atoms with van der Waals surface area (Å²) in [5, 5.41) is 16.9. The molecular weight excluding hydrogens is 278 g/mol. The lowest BCUT2D eigenvalue weighted by Crippen LogP contribution is -2.04. The van der Waals surface area contributed by atoms with E-state index < -0.39 is 4.92 Å². The Balaban J connectivity index is 2.36. The summed E-state index contributed by atoms with van der Waals surface area (Å²) in [6.45, 7) is 2.87. The van der Waals surface area contributed by atoms with E-state index in [1.807, 2.05) is 12.4 Å². The normalized spacial score (nSPS) is 10.5. The molecule has 0 saturated heterocycles. The van der Waals surface area contributed by atoms with E-state index in [1.54, 1.807) is 19.1 Å². The zero-order valence-corrected chi connectivity index (χ0v) is 12.1. The Hall–Kier alpha value is -1.99. The van der Waals surface area contributed by atoms with Crippen LogP contribution in [0.2, 0.25) is 0 Å². The predicted octanol–water partition coefficient (Wildman–Crippen LogP) is 2.84. The highest BCUT2D eigenvalue weighted by molar-refractivity contribution is 7.09. The molecule has 0 bridgehead atoms. The molecule has 0 amide bonds. The van der Waals surface area contributed by atoms with Crippen LogP contribution in [-0.2, 0) is 6.54 Å². The van der Waals surface area contributed by atoms with Gasteiger partial charge in [-0.05, 0) is 26.1 Å².